The van der Waals surface area contributed by atoms with E-state index in [2.05, 4.69) is 38.2 Å². The van der Waals surface area contributed by atoms with E-state index in [1.165, 1.54) is 10.2 Å². The average molecular weight is 863 g/mol. The van der Waals surface area contributed by atoms with Crippen LogP contribution in [0.4, 0.5) is 11.4 Å². The summed E-state index contributed by atoms with van der Waals surface area (Å²) >= 11 is 0. The fourth-order valence-corrected chi connectivity index (χ4v) is 14.6. The molecule has 1 fully saturated rings. The number of carbonyl (C=O) groups is 3. The van der Waals surface area contributed by atoms with Gasteiger partial charge in [0.25, 0.3) is 5.91 Å². The van der Waals surface area contributed by atoms with Crippen LogP contribution in [-0.2, 0) is 44.2 Å². The number of hydrogen-bond acceptors (Lipinski definition) is 8. The van der Waals surface area contributed by atoms with E-state index in [1.54, 1.807) is 24.0 Å². The highest BCUT2D eigenvalue weighted by Crippen LogP contribution is 2.60. The largest absolute Gasteiger partial charge is 0.497 e. The van der Waals surface area contributed by atoms with Crippen LogP contribution < -0.4 is 24.6 Å². The van der Waals surface area contributed by atoms with Crippen molar-refractivity contribution in [2.24, 2.45) is 11.0 Å². The quantitative estimate of drug-likeness (QED) is 0.138. The molecule has 0 bridgehead atoms. The van der Waals surface area contributed by atoms with Gasteiger partial charge in [-0.05, 0) is 76.7 Å². The number of rotatable bonds is 11. The second-order valence-electron chi connectivity index (χ2n) is 17.8. The number of hydrogen-bond donors (Lipinski definition) is 1. The molecule has 11 nitrogen and oxygen atoms in total. The molecule has 0 aromatic heterocycles. The molecule has 324 valence electrons. The van der Waals surface area contributed by atoms with Crippen LogP contribution in [0, 0.1) is 5.92 Å². The third kappa shape index (κ3) is 7.43. The van der Waals surface area contributed by atoms with Gasteiger partial charge in [0.1, 0.15) is 11.5 Å². The van der Waals surface area contributed by atoms with Crippen molar-refractivity contribution in [2.45, 2.75) is 82.1 Å². The number of methoxy groups -OCH3 is 2. The molecule has 63 heavy (non-hydrogen) atoms. The zero-order valence-corrected chi connectivity index (χ0v) is 37.5. The number of nitrogens with zero attached hydrogens (tertiary/aromatic N) is 4. The van der Waals surface area contributed by atoms with E-state index < -0.39 is 19.8 Å². The third-order valence-electron chi connectivity index (χ3n) is 14.0. The summed E-state index contributed by atoms with van der Waals surface area (Å²) in [6.07, 6.45) is 0.945. The number of amides is 3. The number of hydrazone groups is 1. The average Bonchev–Trinajstić information content (AvgIpc) is 3.74. The standard InChI is InChI=1S/C51H54N4O7Si/c1-33-49(63(4,5)42-22-19-40(60-2)20-23-42)46(29-48(58)53-31-37-14-10-9-13-36(37)27-39(53)32-56)62-51(33)43-28-41(61-3)21-25-45(43)54(50(51)59)30-34-15-17-38(18-16-34)55-47(57)26-24-44(52-55)35-11-7-6-8-12-35/h6-23,25,28,33,39,46,49,56H,24,26-27,29-32H2,1-5H3/t33-,39-,46+,49-,51+/m0/s1. The number of anilines is 2. The van der Waals surface area contributed by atoms with Gasteiger partial charge in [0, 0.05) is 30.9 Å². The summed E-state index contributed by atoms with van der Waals surface area (Å²) in [6, 6.07) is 39.1. The molecule has 9 rings (SSSR count). The van der Waals surface area contributed by atoms with Gasteiger partial charge in [0.05, 0.1) is 71.1 Å². The van der Waals surface area contributed by atoms with E-state index in [1.807, 2.05) is 103 Å². The third-order valence-corrected chi connectivity index (χ3v) is 18.3. The summed E-state index contributed by atoms with van der Waals surface area (Å²) in [5.74, 6) is 0.640. The van der Waals surface area contributed by atoms with Crippen molar-refractivity contribution >= 4 is 48.1 Å². The van der Waals surface area contributed by atoms with Gasteiger partial charge >= 0.3 is 0 Å². The van der Waals surface area contributed by atoms with Gasteiger partial charge in [-0.25, -0.2) is 5.01 Å². The van der Waals surface area contributed by atoms with Crippen LogP contribution >= 0.6 is 0 Å². The number of fused-ring (bicyclic) bond motifs is 3. The lowest BCUT2D eigenvalue weighted by Gasteiger charge is -2.39. The van der Waals surface area contributed by atoms with Gasteiger partial charge in [-0.3, -0.25) is 14.4 Å². The molecule has 0 saturated carbocycles. The SMILES string of the molecule is COc1ccc([Si](C)(C)[C@@H]2[C@@H](CC(=O)N3Cc4ccccc4C[C@H]3CO)O[C@]3(C(=O)N(Cc4ccc(N5N=C(c6ccccc6)CCC5=O)cc4)c4ccc(OC)cc43)[C@H]2C)cc1. The van der Waals surface area contributed by atoms with Crippen LogP contribution in [0.5, 0.6) is 11.5 Å². The maximum Gasteiger partial charge on any atom is 0.264 e. The Morgan fingerprint density at radius 2 is 1.54 bits per heavy atom. The monoisotopic (exact) mass is 862 g/mol. The minimum atomic E-state index is -2.57. The van der Waals surface area contributed by atoms with E-state index in [0.717, 1.165) is 45.0 Å². The Kier molecular flexibility index (Phi) is 11.3. The first-order chi connectivity index (χ1) is 30.5. The first kappa shape index (κ1) is 42.2. The smallest absolute Gasteiger partial charge is 0.264 e. The lowest BCUT2D eigenvalue weighted by Crippen LogP contribution is -2.52. The molecule has 1 saturated heterocycles. The number of aliphatic hydroxyl groups excluding tert-OH is 1. The van der Waals surface area contributed by atoms with Crippen LogP contribution in [0.25, 0.3) is 0 Å². The number of ether oxygens (including phenoxy) is 3. The Morgan fingerprint density at radius 1 is 0.857 bits per heavy atom. The van der Waals surface area contributed by atoms with Gasteiger partial charge in [-0.1, -0.05) is 104 Å². The predicted molar refractivity (Wildman–Crippen MR) is 246 cm³/mol. The molecule has 4 aliphatic rings. The Bertz CT molecular complexity index is 2570. The Labute approximate surface area is 369 Å². The van der Waals surface area contributed by atoms with Gasteiger partial charge in [0.15, 0.2) is 5.60 Å². The van der Waals surface area contributed by atoms with Crippen molar-refractivity contribution in [3.63, 3.8) is 0 Å². The van der Waals surface area contributed by atoms with Crippen molar-refractivity contribution in [1.82, 2.24) is 4.90 Å². The summed E-state index contributed by atoms with van der Waals surface area (Å²) in [7, 11) is 0.693. The summed E-state index contributed by atoms with van der Waals surface area (Å²) in [6.45, 7) is 7.21. The molecule has 1 spiro atoms. The summed E-state index contributed by atoms with van der Waals surface area (Å²) in [4.78, 5) is 47.0. The second kappa shape index (κ2) is 16.9. The van der Waals surface area contributed by atoms with E-state index >= 15 is 4.79 Å². The Balaban J connectivity index is 1.06. The second-order valence-corrected chi connectivity index (χ2v) is 22.4. The van der Waals surface area contributed by atoms with Crippen LogP contribution in [0.15, 0.2) is 126 Å². The maximum absolute atomic E-state index is 15.6. The van der Waals surface area contributed by atoms with E-state index in [4.69, 9.17) is 19.3 Å². The van der Waals surface area contributed by atoms with Crippen LogP contribution in [0.3, 0.4) is 0 Å². The zero-order chi connectivity index (χ0) is 44.0. The Hall–Kier alpha value is -6.08. The first-order valence-electron chi connectivity index (χ1n) is 21.8. The molecule has 5 atom stereocenters. The highest BCUT2D eigenvalue weighted by Gasteiger charge is 2.66. The number of aliphatic hydroxyl groups is 1. The molecule has 1 N–H and O–H groups in total. The lowest BCUT2D eigenvalue weighted by molar-refractivity contribution is -0.151. The molecule has 5 aromatic rings. The molecule has 0 unspecified atom stereocenters. The van der Waals surface area contributed by atoms with Crippen LogP contribution in [0.1, 0.15) is 54.0 Å². The minimum Gasteiger partial charge on any atom is -0.497 e. The maximum atomic E-state index is 15.6. The summed E-state index contributed by atoms with van der Waals surface area (Å²) in [5, 5.41) is 17.9. The van der Waals surface area contributed by atoms with Gasteiger partial charge in [-0.2, -0.15) is 5.10 Å². The van der Waals surface area contributed by atoms with Crippen molar-refractivity contribution in [2.75, 3.05) is 30.7 Å². The molecule has 4 heterocycles. The summed E-state index contributed by atoms with van der Waals surface area (Å²) < 4.78 is 18.6. The molecule has 12 heteroatoms. The minimum absolute atomic E-state index is 0.0553. The zero-order valence-electron chi connectivity index (χ0n) is 36.5. The highest BCUT2D eigenvalue weighted by atomic mass is 28.3. The van der Waals surface area contributed by atoms with E-state index in [0.29, 0.717) is 37.2 Å². The Morgan fingerprint density at radius 3 is 2.24 bits per heavy atom. The van der Waals surface area contributed by atoms with Crippen LogP contribution in [0.2, 0.25) is 18.6 Å². The van der Waals surface area contributed by atoms with Crippen molar-refractivity contribution < 1.29 is 33.7 Å². The normalized spacial score (nSPS) is 23.1. The molecule has 5 aromatic carbocycles. The lowest BCUT2D eigenvalue weighted by atomic mass is 9.82. The topological polar surface area (TPSA) is 121 Å². The first-order valence-corrected chi connectivity index (χ1v) is 24.9. The molecule has 0 radical (unpaired) electrons. The van der Waals surface area contributed by atoms with Crippen LogP contribution in [-0.4, -0.2) is 74.5 Å². The van der Waals surface area contributed by atoms with E-state index in [-0.39, 0.29) is 54.8 Å². The number of benzene rings is 5. The van der Waals surface area contributed by atoms with Gasteiger partial charge in [-0.15, -0.1) is 0 Å². The highest BCUT2D eigenvalue weighted by molar-refractivity contribution is 6.91. The molecular weight excluding hydrogens is 809 g/mol. The predicted octanol–water partition coefficient (Wildman–Crippen LogP) is 7.33. The van der Waals surface area contributed by atoms with Gasteiger partial charge in [0.2, 0.25) is 11.8 Å². The fraction of sp³-hybridized carbons (Fsp3) is 0.333. The molecule has 3 amide bonds. The molecule has 0 aliphatic carbocycles. The van der Waals surface area contributed by atoms with Crippen molar-refractivity contribution in [1.29, 1.82) is 0 Å². The fourth-order valence-electron chi connectivity index (χ4n) is 10.6. The number of carbonyl (C=O) groups excluding carboxylic acids is 3. The summed E-state index contributed by atoms with van der Waals surface area (Å²) in [5.41, 5.74) is 5.43. The van der Waals surface area contributed by atoms with Crippen molar-refractivity contribution in [3.05, 3.63) is 149 Å². The molecule has 4 aliphatic heterocycles. The van der Waals surface area contributed by atoms with Gasteiger partial charge < -0.3 is 29.1 Å². The molecular formula is C51H54N4O7Si. The van der Waals surface area contributed by atoms with Crippen molar-refractivity contribution in [3.8, 4) is 11.5 Å². The van der Waals surface area contributed by atoms with E-state index in [9.17, 15) is 14.7 Å².